The molecule has 0 bridgehead atoms. The van der Waals surface area contributed by atoms with Gasteiger partial charge in [-0.05, 0) is 103 Å². The lowest BCUT2D eigenvalue weighted by Gasteiger charge is -2.31. The lowest BCUT2D eigenvalue weighted by atomic mass is 9.91. The van der Waals surface area contributed by atoms with Crippen LogP contribution in [-0.4, -0.2) is 70.7 Å². The van der Waals surface area contributed by atoms with Crippen LogP contribution in [-0.2, 0) is 22.4 Å². The van der Waals surface area contributed by atoms with Gasteiger partial charge < -0.3 is 29.7 Å². The number of aromatic amines is 1. The molecular formula is C52H56N4O7. The van der Waals surface area contributed by atoms with Crippen molar-refractivity contribution in [2.45, 2.75) is 70.5 Å². The Labute approximate surface area is 368 Å². The molecule has 63 heavy (non-hydrogen) atoms. The molecule has 0 radical (unpaired) electrons. The summed E-state index contributed by atoms with van der Waals surface area (Å²) in [6.07, 6.45) is 3.31. The Bertz CT molecular complexity index is 2570. The number of hydrogen-bond donors (Lipinski definition) is 4. The van der Waals surface area contributed by atoms with E-state index in [1.165, 1.54) is 12.1 Å². The number of amides is 2. The van der Waals surface area contributed by atoms with Crippen molar-refractivity contribution >= 4 is 40.1 Å². The molecule has 2 amide bonds. The molecule has 1 fully saturated rings. The number of Topliss-reactive ketones (excluding diaryl/α,β-unsaturated/α-hetero) is 1. The number of aliphatic hydroxyl groups excluding tert-OH is 1. The molecule has 1 aliphatic heterocycles. The minimum Gasteiger partial charge on any atom is -0.506 e. The number of nitrogens with zero attached hydrogens (tertiary/aromatic N) is 2. The summed E-state index contributed by atoms with van der Waals surface area (Å²) in [5, 5.41) is 24.8. The summed E-state index contributed by atoms with van der Waals surface area (Å²) >= 11 is 0. The Morgan fingerprint density at radius 2 is 1.59 bits per heavy atom. The van der Waals surface area contributed by atoms with Crippen LogP contribution in [0.25, 0.3) is 22.0 Å². The number of aliphatic hydroxyl groups is 1. The number of ketones is 1. The highest BCUT2D eigenvalue weighted by Crippen LogP contribution is 2.32. The largest absolute Gasteiger partial charge is 0.506 e. The van der Waals surface area contributed by atoms with Crippen molar-refractivity contribution in [1.29, 1.82) is 0 Å². The molecule has 0 saturated carbocycles. The summed E-state index contributed by atoms with van der Waals surface area (Å²) < 4.78 is 5.78. The SMILES string of the molecule is C[C@@H](CC[C@H](O)c1ccc(O)c2[nH]c(=O)ccc12)Cc1cccc(C(=O)CCc2ccc(N(C)C(=O)CCN3CCC(OC(=O)Nc4ccccc4-c4ccccc4)CC3)cc2)c1. The predicted octanol–water partition coefficient (Wildman–Crippen LogP) is 9.47. The number of piperidine rings is 1. The summed E-state index contributed by atoms with van der Waals surface area (Å²) in [6.45, 7) is 4.23. The molecule has 6 aromatic rings. The van der Waals surface area contributed by atoms with E-state index in [4.69, 9.17) is 4.74 Å². The molecule has 1 aliphatic rings. The van der Waals surface area contributed by atoms with Crippen molar-refractivity contribution in [1.82, 2.24) is 9.88 Å². The number of pyridine rings is 1. The molecule has 11 nitrogen and oxygen atoms in total. The first-order valence-electron chi connectivity index (χ1n) is 21.9. The van der Waals surface area contributed by atoms with Crippen LogP contribution in [0.2, 0.25) is 0 Å². The Kier molecular flexibility index (Phi) is 14.8. The number of para-hydroxylation sites is 1. The van der Waals surface area contributed by atoms with Crippen LogP contribution in [0.3, 0.4) is 0 Å². The number of likely N-dealkylation sites (tertiary alicyclic amines) is 1. The molecular weight excluding hydrogens is 793 g/mol. The summed E-state index contributed by atoms with van der Waals surface area (Å²) in [5.74, 6) is 0.289. The van der Waals surface area contributed by atoms with Crippen LogP contribution in [0.1, 0.15) is 78.6 Å². The quantitative estimate of drug-likeness (QED) is 0.0663. The zero-order valence-electron chi connectivity index (χ0n) is 36.0. The fourth-order valence-electron chi connectivity index (χ4n) is 8.38. The molecule has 326 valence electrons. The lowest BCUT2D eigenvalue weighted by molar-refractivity contribution is -0.118. The molecule has 5 aromatic carbocycles. The number of aromatic nitrogens is 1. The van der Waals surface area contributed by atoms with Gasteiger partial charge in [-0.25, -0.2) is 4.79 Å². The van der Waals surface area contributed by atoms with Crippen LogP contribution >= 0.6 is 0 Å². The number of aromatic hydroxyl groups is 1. The third-order valence-corrected chi connectivity index (χ3v) is 12.1. The fraction of sp³-hybridized carbons (Fsp3) is 0.308. The molecule has 0 unspecified atom stereocenters. The van der Waals surface area contributed by atoms with Crippen LogP contribution in [0.4, 0.5) is 16.2 Å². The van der Waals surface area contributed by atoms with E-state index in [2.05, 4.69) is 22.1 Å². The van der Waals surface area contributed by atoms with Crippen LogP contribution in [0.5, 0.6) is 5.75 Å². The monoisotopic (exact) mass is 848 g/mol. The Morgan fingerprint density at radius 1 is 0.841 bits per heavy atom. The molecule has 1 aromatic heterocycles. The van der Waals surface area contributed by atoms with Crippen molar-refractivity contribution in [3.05, 3.63) is 160 Å². The highest BCUT2D eigenvalue weighted by atomic mass is 16.6. The second kappa shape index (κ2) is 21.0. The van der Waals surface area contributed by atoms with Crippen LogP contribution in [0.15, 0.2) is 132 Å². The van der Waals surface area contributed by atoms with Crippen molar-refractivity contribution < 1.29 is 29.3 Å². The van der Waals surface area contributed by atoms with Gasteiger partial charge in [0.2, 0.25) is 11.5 Å². The predicted molar refractivity (Wildman–Crippen MR) is 248 cm³/mol. The number of carbonyl (C=O) groups excluding carboxylic acids is 3. The van der Waals surface area contributed by atoms with Gasteiger partial charge in [0.1, 0.15) is 11.9 Å². The van der Waals surface area contributed by atoms with Gasteiger partial charge >= 0.3 is 6.09 Å². The van der Waals surface area contributed by atoms with Crippen LogP contribution in [0, 0.1) is 5.92 Å². The fourth-order valence-corrected chi connectivity index (χ4v) is 8.38. The minimum atomic E-state index is -0.759. The molecule has 11 heteroatoms. The Balaban J connectivity index is 0.806. The van der Waals surface area contributed by atoms with E-state index < -0.39 is 12.2 Å². The number of H-pyrrole nitrogens is 1. The van der Waals surface area contributed by atoms with E-state index >= 15 is 0 Å². The number of ether oxygens (including phenoxy) is 1. The molecule has 1 saturated heterocycles. The molecule has 4 N–H and O–H groups in total. The van der Waals surface area contributed by atoms with Gasteiger partial charge in [0, 0.05) is 67.8 Å². The molecule has 0 spiro atoms. The third kappa shape index (κ3) is 11.9. The number of hydrogen-bond acceptors (Lipinski definition) is 8. The number of phenols is 1. The van der Waals surface area contributed by atoms with Gasteiger partial charge in [0.25, 0.3) is 0 Å². The molecule has 2 atom stereocenters. The van der Waals surface area contributed by atoms with Gasteiger partial charge in [-0.2, -0.15) is 0 Å². The van der Waals surface area contributed by atoms with E-state index in [0.29, 0.717) is 72.8 Å². The summed E-state index contributed by atoms with van der Waals surface area (Å²) in [5.41, 5.74) is 6.86. The highest BCUT2D eigenvalue weighted by molar-refractivity contribution is 5.96. The maximum atomic E-state index is 13.3. The lowest BCUT2D eigenvalue weighted by Crippen LogP contribution is -2.40. The average Bonchev–Trinajstić information content (AvgIpc) is 3.30. The van der Waals surface area contributed by atoms with E-state index in [0.717, 1.165) is 53.9 Å². The van der Waals surface area contributed by atoms with Crippen molar-refractivity contribution in [2.75, 3.05) is 36.9 Å². The smallest absolute Gasteiger partial charge is 0.411 e. The summed E-state index contributed by atoms with van der Waals surface area (Å²) in [6, 6.07) is 39.3. The third-order valence-electron chi connectivity index (χ3n) is 12.1. The van der Waals surface area contributed by atoms with Crippen molar-refractivity contribution in [3.8, 4) is 16.9 Å². The Hall–Kier alpha value is -6.56. The molecule has 0 aliphatic carbocycles. The first-order chi connectivity index (χ1) is 30.5. The van der Waals surface area contributed by atoms with Crippen molar-refractivity contribution in [2.24, 2.45) is 5.92 Å². The van der Waals surface area contributed by atoms with E-state index in [9.17, 15) is 29.4 Å². The molecule has 2 heterocycles. The van der Waals surface area contributed by atoms with Gasteiger partial charge in [0.05, 0.1) is 17.3 Å². The summed E-state index contributed by atoms with van der Waals surface area (Å²) in [7, 11) is 1.78. The first-order valence-corrected chi connectivity index (χ1v) is 21.9. The maximum absolute atomic E-state index is 13.3. The number of rotatable bonds is 17. The van der Waals surface area contributed by atoms with E-state index in [1.54, 1.807) is 24.1 Å². The number of aryl methyl sites for hydroxylation is 1. The molecule has 7 rings (SSSR count). The number of nitrogens with one attached hydrogen (secondary N) is 2. The van der Waals surface area contributed by atoms with Gasteiger partial charge in [0.15, 0.2) is 5.78 Å². The normalized spacial score (nSPS) is 14.2. The summed E-state index contributed by atoms with van der Waals surface area (Å²) in [4.78, 5) is 57.6. The highest BCUT2D eigenvalue weighted by Gasteiger charge is 2.24. The number of anilines is 2. The zero-order valence-corrected chi connectivity index (χ0v) is 36.0. The van der Waals surface area contributed by atoms with E-state index in [-0.39, 0.29) is 35.0 Å². The van der Waals surface area contributed by atoms with Crippen molar-refractivity contribution in [3.63, 3.8) is 0 Å². The number of benzene rings is 5. The van der Waals surface area contributed by atoms with E-state index in [1.807, 2.05) is 103 Å². The number of fused-ring (bicyclic) bond motifs is 1. The van der Waals surface area contributed by atoms with Gasteiger partial charge in [-0.1, -0.05) is 91.9 Å². The number of phenolic OH excluding ortho intramolecular Hbond substituents is 1. The Morgan fingerprint density at radius 3 is 2.37 bits per heavy atom. The zero-order chi connectivity index (χ0) is 44.3. The average molecular weight is 849 g/mol. The van der Waals surface area contributed by atoms with Gasteiger partial charge in [-0.3, -0.25) is 19.7 Å². The second-order valence-corrected chi connectivity index (χ2v) is 16.7. The minimum absolute atomic E-state index is 0.0164. The van der Waals surface area contributed by atoms with Gasteiger partial charge in [-0.15, -0.1) is 0 Å². The van der Waals surface area contributed by atoms with Crippen LogP contribution < -0.4 is 15.8 Å². The first kappa shape index (κ1) is 44.5. The number of carbonyl (C=O) groups is 3. The second-order valence-electron chi connectivity index (χ2n) is 16.7. The standard InChI is InChI=1S/C52H56N4O7/c1-35(15-23-47(58)43-21-25-48(59)51-44(43)22-26-49(60)54-51)33-37-9-8-12-39(34-37)46(57)24-18-36-16-19-40(20-17-36)55(2)50(61)29-32-56-30-27-41(28-31-56)63-52(62)53-45-14-7-6-13-42(45)38-10-4-3-5-11-38/h3-14,16-17,19-22,25-26,34-35,41,47,58-59H,15,18,23-24,27-33H2,1-2H3,(H,53,62)(H,54,60)/t35-,47-/m0/s1. The topological polar surface area (TPSA) is 152 Å². The maximum Gasteiger partial charge on any atom is 0.411 e.